The number of nitrogens with one attached hydrogen (secondary N) is 2. The van der Waals surface area contributed by atoms with Crippen molar-refractivity contribution in [1.82, 2.24) is 4.31 Å². The molecule has 29 heavy (non-hydrogen) atoms. The average Bonchev–Trinajstić information content (AvgIpc) is 2.65. The van der Waals surface area contributed by atoms with Crippen LogP contribution in [0.1, 0.15) is 30.5 Å². The van der Waals surface area contributed by atoms with Gasteiger partial charge in [0.25, 0.3) is 5.91 Å². The highest BCUT2D eigenvalue weighted by molar-refractivity contribution is 7.89. The lowest BCUT2D eigenvalue weighted by molar-refractivity contribution is -0.885. The highest BCUT2D eigenvalue weighted by Crippen LogP contribution is 2.23. The zero-order valence-corrected chi connectivity index (χ0v) is 18.8. The van der Waals surface area contributed by atoms with Crippen molar-refractivity contribution in [3.63, 3.8) is 0 Å². The molecule has 0 aliphatic rings. The molecule has 7 heteroatoms. The number of amides is 1. The van der Waals surface area contributed by atoms with Crippen molar-refractivity contribution in [2.75, 3.05) is 32.0 Å². The molecular formula is C22H32N3O3S+. The average molecular weight is 419 g/mol. The van der Waals surface area contributed by atoms with E-state index in [1.54, 1.807) is 25.1 Å². The summed E-state index contributed by atoms with van der Waals surface area (Å²) in [6.07, 6.45) is 0. The molecule has 0 aromatic heterocycles. The van der Waals surface area contributed by atoms with Crippen molar-refractivity contribution in [2.45, 2.75) is 39.1 Å². The van der Waals surface area contributed by atoms with Crippen LogP contribution < -0.4 is 10.2 Å². The summed E-state index contributed by atoms with van der Waals surface area (Å²) in [6, 6.07) is 13.2. The Morgan fingerprint density at radius 3 is 2.31 bits per heavy atom. The van der Waals surface area contributed by atoms with E-state index in [-0.39, 0.29) is 10.8 Å². The lowest BCUT2D eigenvalue weighted by Gasteiger charge is -2.20. The summed E-state index contributed by atoms with van der Waals surface area (Å²) in [5.74, 6) is -0.147. The quantitative estimate of drug-likeness (QED) is 0.654. The van der Waals surface area contributed by atoms with E-state index < -0.39 is 10.0 Å². The Balaban J connectivity index is 2.10. The minimum absolute atomic E-state index is 0.147. The van der Waals surface area contributed by atoms with Crippen LogP contribution in [0.15, 0.2) is 47.4 Å². The lowest BCUT2D eigenvalue weighted by atomic mass is 10.1. The van der Waals surface area contributed by atoms with Gasteiger partial charge in [0.15, 0.2) is 6.54 Å². The summed E-state index contributed by atoms with van der Waals surface area (Å²) in [6.45, 7) is 9.30. The van der Waals surface area contributed by atoms with Crippen molar-refractivity contribution in [1.29, 1.82) is 0 Å². The van der Waals surface area contributed by atoms with Crippen LogP contribution in [0, 0.1) is 13.8 Å². The van der Waals surface area contributed by atoms with Gasteiger partial charge < -0.3 is 10.2 Å². The molecule has 0 saturated heterocycles. The topological polar surface area (TPSA) is 70.9 Å². The van der Waals surface area contributed by atoms with Crippen LogP contribution in [0.3, 0.4) is 0 Å². The van der Waals surface area contributed by atoms with Crippen molar-refractivity contribution in [3.05, 3.63) is 59.2 Å². The molecule has 1 unspecified atom stereocenters. The first-order chi connectivity index (χ1) is 13.7. The molecule has 0 aliphatic heterocycles. The Kier molecular flexibility index (Phi) is 7.96. The van der Waals surface area contributed by atoms with E-state index in [1.807, 2.05) is 33.0 Å². The predicted molar refractivity (Wildman–Crippen MR) is 117 cm³/mol. The van der Waals surface area contributed by atoms with Gasteiger partial charge in [-0.1, -0.05) is 44.2 Å². The second kappa shape index (κ2) is 10.0. The summed E-state index contributed by atoms with van der Waals surface area (Å²) in [7, 11) is -1.61. The smallest absolute Gasteiger partial charge is 0.279 e. The van der Waals surface area contributed by atoms with E-state index >= 15 is 0 Å². The number of hydrogen-bond donors (Lipinski definition) is 2. The van der Waals surface area contributed by atoms with Crippen LogP contribution in [0.25, 0.3) is 0 Å². The third kappa shape index (κ3) is 5.88. The van der Waals surface area contributed by atoms with E-state index in [9.17, 15) is 13.2 Å². The van der Waals surface area contributed by atoms with Crippen LogP contribution in [0.5, 0.6) is 0 Å². The highest BCUT2D eigenvalue weighted by Gasteiger charge is 2.24. The second-order valence-corrected chi connectivity index (χ2v) is 9.26. The summed E-state index contributed by atoms with van der Waals surface area (Å²) in [5.41, 5.74) is 3.57. The number of carbonyl (C=O) groups is 1. The number of nitrogens with zero attached hydrogens (tertiary/aromatic N) is 1. The van der Waals surface area contributed by atoms with Crippen molar-refractivity contribution >= 4 is 21.6 Å². The van der Waals surface area contributed by atoms with Gasteiger partial charge in [0.05, 0.1) is 11.9 Å². The number of hydrogen-bond acceptors (Lipinski definition) is 3. The number of likely N-dealkylation sites (N-methyl/N-ethyl adjacent to an activating group) is 1. The number of sulfonamides is 1. The Morgan fingerprint density at radius 1 is 1.03 bits per heavy atom. The molecule has 0 bridgehead atoms. The lowest BCUT2D eigenvalue weighted by Crippen LogP contribution is -3.08. The predicted octanol–water partition coefficient (Wildman–Crippen LogP) is 1.99. The molecule has 2 aromatic rings. The minimum Gasteiger partial charge on any atom is -0.326 e. The molecule has 2 N–H and O–H groups in total. The number of anilines is 1. The molecule has 0 radical (unpaired) electrons. The van der Waals surface area contributed by atoms with E-state index in [2.05, 4.69) is 24.4 Å². The zero-order valence-electron chi connectivity index (χ0n) is 18.0. The molecule has 0 fully saturated rings. The standard InChI is InChI=1S/C22H31N3O3S/c1-6-25(7-2)29(27,28)21-14-20(13-12-18(21)4)23-22(26)16-24(5)15-19-11-9-8-10-17(19)3/h8-14H,6-7,15-16H2,1-5H3,(H,23,26)/p+1. The van der Waals surface area contributed by atoms with Gasteiger partial charge >= 0.3 is 0 Å². The number of rotatable bonds is 9. The summed E-state index contributed by atoms with van der Waals surface area (Å²) >= 11 is 0. The Bertz CT molecular complexity index is 954. The third-order valence-electron chi connectivity index (χ3n) is 5.01. The van der Waals surface area contributed by atoms with Crippen LogP contribution in [0.2, 0.25) is 0 Å². The summed E-state index contributed by atoms with van der Waals surface area (Å²) in [4.78, 5) is 13.8. The van der Waals surface area contributed by atoms with Crippen LogP contribution in [-0.2, 0) is 21.4 Å². The fourth-order valence-electron chi connectivity index (χ4n) is 3.33. The molecule has 0 heterocycles. The van der Waals surface area contributed by atoms with Gasteiger partial charge in [-0.25, -0.2) is 8.42 Å². The van der Waals surface area contributed by atoms with E-state index in [1.165, 1.54) is 15.4 Å². The SMILES string of the molecule is CCN(CC)S(=O)(=O)c1cc(NC(=O)C[NH+](C)Cc2ccccc2C)ccc1C. The van der Waals surface area contributed by atoms with Crippen molar-refractivity contribution in [3.8, 4) is 0 Å². The summed E-state index contributed by atoms with van der Waals surface area (Å²) in [5, 5.41) is 2.85. The van der Waals surface area contributed by atoms with Gasteiger partial charge in [-0.15, -0.1) is 0 Å². The molecule has 0 spiro atoms. The maximum atomic E-state index is 12.9. The molecule has 0 aliphatic carbocycles. The van der Waals surface area contributed by atoms with Gasteiger partial charge in [0.2, 0.25) is 10.0 Å². The van der Waals surface area contributed by atoms with Crippen LogP contribution in [-0.4, -0.2) is 45.3 Å². The highest BCUT2D eigenvalue weighted by atomic mass is 32.2. The fraction of sp³-hybridized carbons (Fsp3) is 0.409. The maximum Gasteiger partial charge on any atom is 0.279 e. The van der Waals surface area contributed by atoms with Crippen molar-refractivity contribution in [2.24, 2.45) is 0 Å². The molecule has 1 atom stereocenters. The third-order valence-corrected chi connectivity index (χ3v) is 7.20. The fourth-order valence-corrected chi connectivity index (χ4v) is 5.04. The normalized spacial score (nSPS) is 12.8. The first-order valence-electron chi connectivity index (χ1n) is 9.95. The van der Waals surface area contributed by atoms with Gasteiger partial charge in [-0.3, -0.25) is 4.79 Å². The molecule has 158 valence electrons. The molecule has 1 amide bonds. The van der Waals surface area contributed by atoms with Gasteiger partial charge in [0, 0.05) is 24.3 Å². The Morgan fingerprint density at radius 2 is 1.69 bits per heavy atom. The Labute approximate surface area is 174 Å². The van der Waals surface area contributed by atoms with Gasteiger partial charge in [-0.05, 0) is 37.1 Å². The first-order valence-corrected chi connectivity index (χ1v) is 11.4. The summed E-state index contributed by atoms with van der Waals surface area (Å²) < 4.78 is 27.2. The zero-order chi connectivity index (χ0) is 21.6. The molecular weight excluding hydrogens is 386 g/mol. The van der Waals surface area contributed by atoms with E-state index in [0.29, 0.717) is 30.9 Å². The maximum absolute atomic E-state index is 12.9. The monoisotopic (exact) mass is 418 g/mol. The number of benzene rings is 2. The Hall–Kier alpha value is -2.22. The number of carbonyl (C=O) groups excluding carboxylic acids is 1. The minimum atomic E-state index is -3.58. The number of quaternary nitrogens is 1. The van der Waals surface area contributed by atoms with Crippen molar-refractivity contribution < 1.29 is 18.1 Å². The van der Waals surface area contributed by atoms with Crippen LogP contribution in [0.4, 0.5) is 5.69 Å². The first kappa shape index (κ1) is 23.1. The molecule has 2 aromatic carbocycles. The van der Waals surface area contributed by atoms with Crippen LogP contribution >= 0.6 is 0 Å². The molecule has 2 rings (SSSR count). The molecule has 0 saturated carbocycles. The van der Waals surface area contributed by atoms with E-state index in [0.717, 1.165) is 11.4 Å². The number of aryl methyl sites for hydroxylation is 2. The van der Waals surface area contributed by atoms with Gasteiger partial charge in [0.1, 0.15) is 6.54 Å². The second-order valence-electron chi connectivity index (χ2n) is 7.35. The largest absolute Gasteiger partial charge is 0.326 e. The van der Waals surface area contributed by atoms with Gasteiger partial charge in [-0.2, -0.15) is 4.31 Å². The van der Waals surface area contributed by atoms with E-state index in [4.69, 9.17) is 0 Å². The molecule has 6 nitrogen and oxygen atoms in total.